The molecule has 1 aromatic carbocycles. The van der Waals surface area contributed by atoms with Crippen LogP contribution in [0.3, 0.4) is 0 Å². The van der Waals surface area contributed by atoms with Crippen molar-refractivity contribution >= 4 is 22.4 Å². The summed E-state index contributed by atoms with van der Waals surface area (Å²) in [6, 6.07) is 11.6. The van der Waals surface area contributed by atoms with Crippen LogP contribution in [-0.4, -0.2) is 21.0 Å². The number of rotatable bonds is 6. The maximum atomic E-state index is 10.9. The Morgan fingerprint density at radius 2 is 2.11 bits per heavy atom. The average Bonchev–Trinajstić information content (AvgIpc) is 2.65. The summed E-state index contributed by atoms with van der Waals surface area (Å²) >= 11 is 0. The molecule has 27 heavy (non-hydrogen) atoms. The number of nitrogens with one attached hydrogen (secondary N) is 1. The largest absolute Gasteiger partial charge is 0.475 e. The molecule has 0 aliphatic carbocycles. The highest BCUT2D eigenvalue weighted by Crippen LogP contribution is 2.25. The van der Waals surface area contributed by atoms with Crippen molar-refractivity contribution in [1.82, 2.24) is 9.97 Å². The van der Waals surface area contributed by atoms with Crippen LogP contribution in [0.15, 0.2) is 42.6 Å². The smallest absolute Gasteiger partial charge is 0.270 e. The molecule has 2 heterocycles. The fourth-order valence-corrected chi connectivity index (χ4v) is 2.53. The fourth-order valence-electron chi connectivity index (χ4n) is 2.53. The van der Waals surface area contributed by atoms with Gasteiger partial charge in [-0.15, -0.1) is 0 Å². The van der Waals surface area contributed by atoms with Gasteiger partial charge >= 0.3 is 0 Å². The van der Waals surface area contributed by atoms with Crippen LogP contribution in [-0.2, 0) is 6.54 Å². The summed E-state index contributed by atoms with van der Waals surface area (Å²) in [7, 11) is 0. The first-order valence-electron chi connectivity index (χ1n) is 8.31. The Balaban J connectivity index is 1.80. The van der Waals surface area contributed by atoms with Gasteiger partial charge in [-0.3, -0.25) is 10.1 Å². The van der Waals surface area contributed by atoms with Crippen LogP contribution in [0.1, 0.15) is 25.0 Å². The average molecular weight is 363 g/mol. The van der Waals surface area contributed by atoms with E-state index in [0.29, 0.717) is 34.7 Å². The number of hydrogen-bond acceptors (Lipinski definition) is 7. The summed E-state index contributed by atoms with van der Waals surface area (Å²) in [4.78, 5) is 19.1. The van der Waals surface area contributed by atoms with Gasteiger partial charge in [-0.2, -0.15) is 5.26 Å². The standard InChI is InChI=1S/C19H17N5O3/c1-12(2)27-19-6-3-13(11-22-19)10-21-18-7-14(9-20)16-8-15(24(25)26)4-5-17(16)23-18/h3-8,11-12H,10H2,1-2H3,(H,21,23). The highest BCUT2D eigenvalue weighted by molar-refractivity contribution is 5.88. The molecule has 1 N–H and O–H groups in total. The summed E-state index contributed by atoms with van der Waals surface area (Å²) in [6.07, 6.45) is 1.77. The van der Waals surface area contributed by atoms with E-state index >= 15 is 0 Å². The SMILES string of the molecule is CC(C)Oc1ccc(CNc2cc(C#N)c3cc([N+](=O)[O-])ccc3n2)cn1. The minimum Gasteiger partial charge on any atom is -0.475 e. The van der Waals surface area contributed by atoms with Crippen molar-refractivity contribution in [2.45, 2.75) is 26.5 Å². The maximum absolute atomic E-state index is 10.9. The lowest BCUT2D eigenvalue weighted by atomic mass is 10.1. The number of pyridine rings is 2. The maximum Gasteiger partial charge on any atom is 0.270 e. The number of nitro benzene ring substituents is 1. The van der Waals surface area contributed by atoms with Gasteiger partial charge in [-0.05, 0) is 31.5 Å². The molecule has 0 spiro atoms. The molecule has 0 atom stereocenters. The number of nitrogens with zero attached hydrogens (tertiary/aromatic N) is 4. The first-order valence-corrected chi connectivity index (χ1v) is 8.31. The van der Waals surface area contributed by atoms with Crippen molar-refractivity contribution in [3.63, 3.8) is 0 Å². The predicted molar refractivity (Wildman–Crippen MR) is 100 cm³/mol. The van der Waals surface area contributed by atoms with E-state index in [1.807, 2.05) is 19.9 Å². The van der Waals surface area contributed by atoms with E-state index in [2.05, 4.69) is 21.4 Å². The molecular weight excluding hydrogens is 346 g/mol. The Hall–Kier alpha value is -3.73. The van der Waals surface area contributed by atoms with Gasteiger partial charge in [0, 0.05) is 36.3 Å². The van der Waals surface area contributed by atoms with E-state index in [-0.39, 0.29) is 11.8 Å². The third-order valence-electron chi connectivity index (χ3n) is 3.75. The zero-order valence-corrected chi connectivity index (χ0v) is 14.8. The zero-order valence-electron chi connectivity index (χ0n) is 14.8. The van der Waals surface area contributed by atoms with E-state index in [1.165, 1.54) is 12.1 Å². The molecule has 0 aliphatic heterocycles. The normalized spacial score (nSPS) is 10.6. The number of fused-ring (bicyclic) bond motifs is 1. The molecule has 0 saturated heterocycles. The molecule has 0 saturated carbocycles. The van der Waals surface area contributed by atoms with Crippen molar-refractivity contribution in [3.05, 3.63) is 63.8 Å². The van der Waals surface area contributed by atoms with Gasteiger partial charge in [0.25, 0.3) is 5.69 Å². The first kappa shape index (κ1) is 18.1. The summed E-state index contributed by atoms with van der Waals surface area (Å²) in [5, 5.41) is 23.9. The second kappa shape index (κ2) is 7.66. The number of aromatic nitrogens is 2. The van der Waals surface area contributed by atoms with E-state index in [4.69, 9.17) is 4.74 Å². The highest BCUT2D eigenvalue weighted by atomic mass is 16.6. The van der Waals surface area contributed by atoms with Crippen LogP contribution in [0.4, 0.5) is 11.5 Å². The Morgan fingerprint density at radius 1 is 1.30 bits per heavy atom. The molecular formula is C19H17N5O3. The van der Waals surface area contributed by atoms with Crippen molar-refractivity contribution in [3.8, 4) is 11.9 Å². The minimum atomic E-state index is -0.494. The number of ether oxygens (including phenoxy) is 1. The zero-order chi connectivity index (χ0) is 19.4. The second-order valence-corrected chi connectivity index (χ2v) is 6.15. The number of nitriles is 1. The van der Waals surface area contributed by atoms with Crippen molar-refractivity contribution < 1.29 is 9.66 Å². The molecule has 0 amide bonds. The van der Waals surface area contributed by atoms with Crippen LogP contribution >= 0.6 is 0 Å². The van der Waals surface area contributed by atoms with E-state index < -0.39 is 4.92 Å². The third kappa shape index (κ3) is 4.27. The van der Waals surface area contributed by atoms with Crippen molar-refractivity contribution in [1.29, 1.82) is 5.26 Å². The summed E-state index contributed by atoms with van der Waals surface area (Å²) in [5.74, 6) is 1.07. The van der Waals surface area contributed by atoms with Gasteiger partial charge in [0.1, 0.15) is 5.82 Å². The summed E-state index contributed by atoms with van der Waals surface area (Å²) < 4.78 is 5.51. The number of nitro groups is 1. The number of hydrogen-bond donors (Lipinski definition) is 1. The lowest BCUT2D eigenvalue weighted by Gasteiger charge is -2.10. The number of non-ortho nitro benzene ring substituents is 1. The Kier molecular flexibility index (Phi) is 5.13. The second-order valence-electron chi connectivity index (χ2n) is 6.15. The Morgan fingerprint density at radius 3 is 2.74 bits per heavy atom. The molecule has 8 heteroatoms. The highest BCUT2D eigenvalue weighted by Gasteiger charge is 2.11. The predicted octanol–water partition coefficient (Wildman–Crippen LogP) is 3.81. The van der Waals surface area contributed by atoms with Crippen molar-refractivity contribution in [2.75, 3.05) is 5.32 Å². The van der Waals surface area contributed by atoms with E-state index in [9.17, 15) is 15.4 Å². The monoisotopic (exact) mass is 363 g/mol. The van der Waals surface area contributed by atoms with E-state index in [0.717, 1.165) is 5.56 Å². The summed E-state index contributed by atoms with van der Waals surface area (Å²) in [6.45, 7) is 4.33. The van der Waals surface area contributed by atoms with Gasteiger partial charge in [-0.1, -0.05) is 6.07 Å². The van der Waals surface area contributed by atoms with Crippen molar-refractivity contribution in [2.24, 2.45) is 0 Å². The Bertz CT molecular complexity index is 1030. The fraction of sp³-hybridized carbons (Fsp3) is 0.211. The first-order chi connectivity index (χ1) is 13.0. The molecule has 0 aliphatic rings. The van der Waals surface area contributed by atoms with Gasteiger partial charge in [0.05, 0.1) is 28.2 Å². The lowest BCUT2D eigenvalue weighted by molar-refractivity contribution is -0.384. The number of anilines is 1. The van der Waals surface area contributed by atoms with Gasteiger partial charge in [-0.25, -0.2) is 9.97 Å². The van der Waals surface area contributed by atoms with Gasteiger partial charge in [0.2, 0.25) is 5.88 Å². The Labute approximate surface area is 155 Å². The molecule has 8 nitrogen and oxygen atoms in total. The third-order valence-corrected chi connectivity index (χ3v) is 3.75. The molecule has 136 valence electrons. The molecule has 3 aromatic rings. The molecule has 0 unspecified atom stereocenters. The minimum absolute atomic E-state index is 0.0588. The summed E-state index contributed by atoms with van der Waals surface area (Å²) in [5.41, 5.74) is 1.69. The molecule has 2 aromatic heterocycles. The van der Waals surface area contributed by atoms with Crippen LogP contribution < -0.4 is 10.1 Å². The van der Waals surface area contributed by atoms with Crippen LogP contribution in [0.5, 0.6) is 5.88 Å². The number of benzene rings is 1. The lowest BCUT2D eigenvalue weighted by Crippen LogP contribution is -2.07. The van der Waals surface area contributed by atoms with Gasteiger partial charge < -0.3 is 10.1 Å². The quantitative estimate of drug-likeness (QED) is 0.523. The molecule has 0 bridgehead atoms. The van der Waals surface area contributed by atoms with Crippen LogP contribution in [0.2, 0.25) is 0 Å². The van der Waals surface area contributed by atoms with Crippen LogP contribution in [0, 0.1) is 21.4 Å². The van der Waals surface area contributed by atoms with Gasteiger partial charge in [0.15, 0.2) is 0 Å². The molecule has 0 radical (unpaired) electrons. The molecule has 3 rings (SSSR count). The van der Waals surface area contributed by atoms with Crippen LogP contribution in [0.25, 0.3) is 10.9 Å². The topological polar surface area (TPSA) is 114 Å². The molecule has 0 fully saturated rings. The van der Waals surface area contributed by atoms with E-state index in [1.54, 1.807) is 24.4 Å².